The minimum absolute atomic E-state index is 0.1000. The highest BCUT2D eigenvalue weighted by molar-refractivity contribution is 7.89. The lowest BCUT2D eigenvalue weighted by Gasteiger charge is -2.35. The molecule has 1 atom stereocenters. The third kappa shape index (κ3) is 4.32. The van der Waals surface area contributed by atoms with Crippen LogP contribution in [0, 0.1) is 26.7 Å². The molecule has 0 bridgehead atoms. The summed E-state index contributed by atoms with van der Waals surface area (Å²) in [5.74, 6) is 1.28. The van der Waals surface area contributed by atoms with Gasteiger partial charge in [-0.05, 0) is 44.4 Å². The number of primary sulfonamides is 1. The second-order valence-corrected chi connectivity index (χ2v) is 11.0. The van der Waals surface area contributed by atoms with Gasteiger partial charge < -0.3 is 13.8 Å². The monoisotopic (exact) mass is 519 g/mol. The first kappa shape index (κ1) is 24.8. The van der Waals surface area contributed by atoms with E-state index in [9.17, 15) is 8.42 Å². The Kier molecular flexibility index (Phi) is 6.17. The van der Waals surface area contributed by atoms with Crippen LogP contribution in [0.1, 0.15) is 30.7 Å². The number of aryl methyl sites for hydroxylation is 2. The maximum absolute atomic E-state index is 12.7. The topological polar surface area (TPSA) is 119 Å². The third-order valence-electron chi connectivity index (χ3n) is 6.66. The Labute approximate surface area is 216 Å². The fourth-order valence-electron chi connectivity index (χ4n) is 4.87. The van der Waals surface area contributed by atoms with Gasteiger partial charge in [-0.25, -0.2) is 18.5 Å². The van der Waals surface area contributed by atoms with E-state index in [1.54, 1.807) is 25.3 Å². The quantitative estimate of drug-likeness (QED) is 0.362. The summed E-state index contributed by atoms with van der Waals surface area (Å²) in [6, 6.07) is 11.1. The van der Waals surface area contributed by atoms with Crippen LogP contribution in [0.3, 0.4) is 0 Å². The second kappa shape index (κ2) is 9.20. The Morgan fingerprint density at radius 2 is 1.78 bits per heavy atom. The average Bonchev–Trinajstić information content (AvgIpc) is 3.59. The van der Waals surface area contributed by atoms with E-state index in [4.69, 9.17) is 14.1 Å². The molecule has 37 heavy (non-hydrogen) atoms. The zero-order valence-electron chi connectivity index (χ0n) is 21.3. The predicted molar refractivity (Wildman–Crippen MR) is 142 cm³/mol. The average molecular weight is 520 g/mol. The molecule has 0 spiro atoms. The van der Waals surface area contributed by atoms with Gasteiger partial charge in [-0.2, -0.15) is 0 Å². The number of rotatable bonds is 6. The van der Waals surface area contributed by atoms with Crippen molar-refractivity contribution >= 4 is 21.6 Å². The highest BCUT2D eigenvalue weighted by Gasteiger charge is 2.36. The van der Waals surface area contributed by atoms with Gasteiger partial charge in [0.2, 0.25) is 21.8 Å². The Morgan fingerprint density at radius 1 is 1.03 bits per heavy atom. The molecule has 4 aromatic rings. The van der Waals surface area contributed by atoms with Gasteiger partial charge in [0.05, 0.1) is 22.5 Å². The van der Waals surface area contributed by atoms with E-state index >= 15 is 0 Å². The summed E-state index contributed by atoms with van der Waals surface area (Å²) in [6.45, 7) is 9.88. The molecule has 0 saturated heterocycles. The SMILES string of the molecule is Cc1cccc(-c2ccc(-c3ncco3)cc2N2C=CN(c3onc(C)c3C)C2C(C)C)c1S(N)(=O)=O. The zero-order chi connectivity index (χ0) is 26.5. The highest BCUT2D eigenvalue weighted by atomic mass is 32.2. The largest absolute Gasteiger partial charge is 0.445 e. The zero-order valence-corrected chi connectivity index (χ0v) is 22.2. The summed E-state index contributed by atoms with van der Waals surface area (Å²) in [4.78, 5) is 8.57. The number of nitrogens with zero attached hydrogens (tertiary/aromatic N) is 4. The summed E-state index contributed by atoms with van der Waals surface area (Å²) in [5, 5.41) is 9.83. The first-order chi connectivity index (χ1) is 17.6. The standard InChI is InChI=1S/C27H29N5O4S/c1-16(2)26-31(12-13-32(26)27-18(4)19(5)30-36-27)23-15-20(25-29-11-14-35-25)9-10-21(23)22-8-6-7-17(3)24(22)37(28,33)34/h6-16,26H,1-5H3,(H2,28,33,34). The molecule has 1 unspecified atom stereocenters. The van der Waals surface area contributed by atoms with Crippen molar-refractivity contribution in [1.82, 2.24) is 10.1 Å². The predicted octanol–water partition coefficient (Wildman–Crippen LogP) is 5.35. The number of sulfonamides is 1. The van der Waals surface area contributed by atoms with Gasteiger partial charge >= 0.3 is 0 Å². The van der Waals surface area contributed by atoms with E-state index in [1.807, 2.05) is 50.5 Å². The molecule has 5 rings (SSSR count). The van der Waals surface area contributed by atoms with Crippen molar-refractivity contribution < 1.29 is 17.4 Å². The molecule has 2 N–H and O–H groups in total. The van der Waals surface area contributed by atoms with Gasteiger partial charge in [0.25, 0.3) is 0 Å². The van der Waals surface area contributed by atoms with Crippen LogP contribution < -0.4 is 14.9 Å². The second-order valence-electron chi connectivity index (χ2n) is 9.53. The molecule has 0 saturated carbocycles. The van der Waals surface area contributed by atoms with E-state index in [0.717, 1.165) is 22.5 Å². The molecule has 0 radical (unpaired) electrons. The van der Waals surface area contributed by atoms with E-state index in [2.05, 4.69) is 33.8 Å². The van der Waals surface area contributed by atoms with E-state index in [0.29, 0.717) is 28.5 Å². The van der Waals surface area contributed by atoms with Crippen LogP contribution in [0.2, 0.25) is 0 Å². The molecule has 0 fully saturated rings. The third-order valence-corrected chi connectivity index (χ3v) is 7.77. The fourth-order valence-corrected chi connectivity index (χ4v) is 5.87. The molecular formula is C27H29N5O4S. The lowest BCUT2D eigenvalue weighted by molar-refractivity contribution is 0.396. The highest BCUT2D eigenvalue weighted by Crippen LogP contribution is 2.43. The molecular weight excluding hydrogens is 490 g/mol. The lowest BCUT2D eigenvalue weighted by atomic mass is 9.97. The molecule has 1 aliphatic heterocycles. The van der Waals surface area contributed by atoms with Crippen LogP contribution in [0.4, 0.5) is 11.6 Å². The molecule has 0 amide bonds. The summed E-state index contributed by atoms with van der Waals surface area (Å²) in [5.41, 5.74) is 5.14. The van der Waals surface area contributed by atoms with Crippen molar-refractivity contribution in [3.05, 3.63) is 78.1 Å². The van der Waals surface area contributed by atoms with E-state index < -0.39 is 10.0 Å². The van der Waals surface area contributed by atoms with Crippen molar-refractivity contribution in [3.8, 4) is 22.6 Å². The van der Waals surface area contributed by atoms with Crippen molar-refractivity contribution in [1.29, 1.82) is 0 Å². The number of anilines is 2. The first-order valence-corrected chi connectivity index (χ1v) is 13.5. The van der Waals surface area contributed by atoms with E-state index in [-0.39, 0.29) is 17.0 Å². The number of oxazole rings is 1. The number of nitrogens with two attached hydrogens (primary N) is 1. The normalized spacial score (nSPS) is 15.8. The maximum atomic E-state index is 12.7. The minimum Gasteiger partial charge on any atom is -0.445 e. The Balaban J connectivity index is 1.73. The number of hydrogen-bond acceptors (Lipinski definition) is 8. The van der Waals surface area contributed by atoms with Gasteiger partial charge in [-0.15, -0.1) is 0 Å². The van der Waals surface area contributed by atoms with Crippen molar-refractivity contribution in [3.63, 3.8) is 0 Å². The van der Waals surface area contributed by atoms with E-state index in [1.165, 1.54) is 6.26 Å². The van der Waals surface area contributed by atoms with Crippen LogP contribution >= 0.6 is 0 Å². The molecule has 1 aliphatic rings. The first-order valence-electron chi connectivity index (χ1n) is 11.9. The maximum Gasteiger partial charge on any atom is 0.238 e. The van der Waals surface area contributed by atoms with Gasteiger partial charge in [-0.1, -0.05) is 43.3 Å². The van der Waals surface area contributed by atoms with Gasteiger partial charge in [-0.3, -0.25) is 4.90 Å². The molecule has 2 aromatic heterocycles. The molecule has 192 valence electrons. The Hall–Kier alpha value is -3.89. The summed E-state index contributed by atoms with van der Waals surface area (Å²) in [7, 11) is -3.99. The van der Waals surface area contributed by atoms with Gasteiger partial charge in [0, 0.05) is 34.7 Å². The van der Waals surface area contributed by atoms with Crippen LogP contribution in [-0.4, -0.2) is 24.7 Å². The van der Waals surface area contributed by atoms with Gasteiger partial charge in [0.15, 0.2) is 0 Å². The molecule has 2 aromatic carbocycles. The Morgan fingerprint density at radius 3 is 2.41 bits per heavy atom. The molecule has 10 heteroatoms. The Bertz CT molecular complexity index is 1590. The van der Waals surface area contributed by atoms with Gasteiger partial charge in [0.1, 0.15) is 12.4 Å². The summed E-state index contributed by atoms with van der Waals surface area (Å²) in [6.07, 6.45) is 6.85. The van der Waals surface area contributed by atoms with Crippen LogP contribution in [-0.2, 0) is 10.0 Å². The lowest BCUT2D eigenvalue weighted by Crippen LogP contribution is -2.43. The van der Waals surface area contributed by atoms with Crippen molar-refractivity contribution in [2.45, 2.75) is 45.7 Å². The number of aromatic nitrogens is 2. The van der Waals surface area contributed by atoms with Crippen molar-refractivity contribution in [2.75, 3.05) is 9.80 Å². The molecule has 9 nitrogen and oxygen atoms in total. The number of benzene rings is 2. The summed E-state index contributed by atoms with van der Waals surface area (Å²) < 4.78 is 36.6. The number of hydrogen-bond donors (Lipinski definition) is 1. The smallest absolute Gasteiger partial charge is 0.238 e. The van der Waals surface area contributed by atoms with Crippen LogP contribution in [0.25, 0.3) is 22.6 Å². The summed E-state index contributed by atoms with van der Waals surface area (Å²) >= 11 is 0. The van der Waals surface area contributed by atoms with Crippen LogP contribution in [0.15, 0.2) is 75.1 Å². The minimum atomic E-state index is -3.99. The fraction of sp³-hybridized carbons (Fsp3) is 0.259. The molecule has 0 aliphatic carbocycles. The van der Waals surface area contributed by atoms with Crippen LogP contribution in [0.5, 0.6) is 0 Å². The molecule has 3 heterocycles. The van der Waals surface area contributed by atoms with Crippen molar-refractivity contribution in [2.24, 2.45) is 11.1 Å².